The van der Waals surface area contributed by atoms with Crippen LogP contribution in [0.3, 0.4) is 0 Å². The quantitative estimate of drug-likeness (QED) is 0.425. The fourth-order valence-electron chi connectivity index (χ4n) is 3.26. The predicted molar refractivity (Wildman–Crippen MR) is 122 cm³/mol. The number of aromatic nitrogens is 6. The van der Waals surface area contributed by atoms with Crippen LogP contribution in [0.5, 0.6) is 5.88 Å². The molecule has 2 N–H and O–H groups in total. The molecule has 0 spiro atoms. The Morgan fingerprint density at radius 3 is 2.76 bits per heavy atom. The van der Waals surface area contributed by atoms with Crippen LogP contribution in [0.25, 0.3) is 11.5 Å². The second kappa shape index (κ2) is 9.86. The lowest BCUT2D eigenvalue weighted by Gasteiger charge is -2.11. The van der Waals surface area contributed by atoms with Gasteiger partial charge in [-0.05, 0) is 36.8 Å². The number of hydrogen-bond donors (Lipinski definition) is 2. The molecular formula is C23H24N8O2. The lowest BCUT2D eigenvalue weighted by atomic mass is 10.1. The van der Waals surface area contributed by atoms with Crippen LogP contribution in [-0.2, 0) is 20.1 Å². The minimum absolute atomic E-state index is 0.168. The van der Waals surface area contributed by atoms with E-state index in [9.17, 15) is 4.79 Å². The van der Waals surface area contributed by atoms with Gasteiger partial charge in [-0.3, -0.25) is 4.79 Å². The second-order valence-electron chi connectivity index (χ2n) is 7.31. The van der Waals surface area contributed by atoms with E-state index in [1.807, 2.05) is 36.7 Å². The first-order valence-electron chi connectivity index (χ1n) is 10.3. The van der Waals surface area contributed by atoms with Gasteiger partial charge in [0.2, 0.25) is 5.88 Å². The molecule has 0 bridgehead atoms. The molecule has 0 aliphatic rings. The Morgan fingerprint density at radius 1 is 1.12 bits per heavy atom. The molecule has 0 saturated heterocycles. The van der Waals surface area contributed by atoms with Crippen molar-refractivity contribution in [2.24, 2.45) is 7.05 Å². The van der Waals surface area contributed by atoms with Crippen molar-refractivity contribution < 1.29 is 9.53 Å². The van der Waals surface area contributed by atoms with Crippen LogP contribution in [0.4, 0.5) is 5.69 Å². The molecule has 4 rings (SSSR count). The molecule has 0 aliphatic carbocycles. The summed E-state index contributed by atoms with van der Waals surface area (Å²) >= 11 is 0. The zero-order valence-corrected chi connectivity index (χ0v) is 18.6. The summed E-state index contributed by atoms with van der Waals surface area (Å²) in [5, 5.41) is 14.7. The average molecular weight is 444 g/mol. The molecule has 33 heavy (non-hydrogen) atoms. The van der Waals surface area contributed by atoms with Gasteiger partial charge in [0.15, 0.2) is 11.6 Å². The number of hydrogen-bond acceptors (Lipinski definition) is 8. The summed E-state index contributed by atoms with van der Waals surface area (Å²) in [4.78, 5) is 25.1. The van der Waals surface area contributed by atoms with E-state index in [2.05, 4.69) is 35.8 Å². The van der Waals surface area contributed by atoms with Crippen LogP contribution in [-0.4, -0.2) is 42.7 Å². The number of nitrogens with zero attached hydrogens (tertiary/aromatic N) is 6. The second-order valence-corrected chi connectivity index (χ2v) is 7.31. The molecule has 0 fully saturated rings. The van der Waals surface area contributed by atoms with Gasteiger partial charge in [-0.1, -0.05) is 12.1 Å². The SMILES string of the molecule is COc1ccc(CNC(=O)c2cccc(NCc3nnc(-c4ccncn4)n3C)c2)c(C)n1. The standard InChI is InChI=1S/C23H24N8O2/c1-15-17(7-8-21(28-15)33-3)12-26-23(32)16-5-4-6-18(11-16)25-13-20-29-30-22(31(20)2)19-9-10-24-14-27-19/h4-11,14,25H,12-13H2,1-3H3,(H,26,32). The van der Waals surface area contributed by atoms with Gasteiger partial charge >= 0.3 is 0 Å². The highest BCUT2D eigenvalue weighted by molar-refractivity contribution is 5.95. The third kappa shape index (κ3) is 5.12. The summed E-state index contributed by atoms with van der Waals surface area (Å²) in [5.74, 6) is 1.78. The molecule has 168 valence electrons. The molecule has 1 amide bonds. The Kier molecular flexibility index (Phi) is 6.53. The van der Waals surface area contributed by atoms with Crippen molar-refractivity contribution in [3.63, 3.8) is 0 Å². The van der Waals surface area contributed by atoms with E-state index in [1.54, 1.807) is 37.6 Å². The first-order chi connectivity index (χ1) is 16.0. The normalized spacial score (nSPS) is 10.6. The number of amides is 1. The number of benzene rings is 1. The fraction of sp³-hybridized carbons (Fsp3) is 0.217. The van der Waals surface area contributed by atoms with Crippen LogP contribution in [0.2, 0.25) is 0 Å². The van der Waals surface area contributed by atoms with Gasteiger partial charge < -0.3 is 19.9 Å². The van der Waals surface area contributed by atoms with Gasteiger partial charge in [0.25, 0.3) is 5.91 Å². The Morgan fingerprint density at radius 2 is 2.00 bits per heavy atom. The van der Waals surface area contributed by atoms with Crippen molar-refractivity contribution in [2.75, 3.05) is 12.4 Å². The van der Waals surface area contributed by atoms with E-state index < -0.39 is 0 Å². The number of pyridine rings is 1. The monoisotopic (exact) mass is 444 g/mol. The number of rotatable bonds is 8. The number of ether oxygens (including phenoxy) is 1. The molecular weight excluding hydrogens is 420 g/mol. The van der Waals surface area contributed by atoms with Crippen molar-refractivity contribution in [2.45, 2.75) is 20.0 Å². The van der Waals surface area contributed by atoms with E-state index in [4.69, 9.17) is 4.74 Å². The summed E-state index contributed by atoms with van der Waals surface area (Å²) in [5.41, 5.74) is 3.80. The summed E-state index contributed by atoms with van der Waals surface area (Å²) in [6.07, 6.45) is 3.14. The lowest BCUT2D eigenvalue weighted by molar-refractivity contribution is 0.0951. The number of nitrogens with one attached hydrogen (secondary N) is 2. The minimum atomic E-state index is -0.168. The number of anilines is 1. The fourth-order valence-corrected chi connectivity index (χ4v) is 3.26. The van der Waals surface area contributed by atoms with E-state index in [0.717, 1.165) is 22.8 Å². The van der Waals surface area contributed by atoms with Gasteiger partial charge in [0.05, 0.1) is 13.7 Å². The molecule has 3 heterocycles. The van der Waals surface area contributed by atoms with Gasteiger partial charge in [-0.2, -0.15) is 0 Å². The first-order valence-corrected chi connectivity index (χ1v) is 10.3. The zero-order chi connectivity index (χ0) is 23.2. The number of carbonyl (C=O) groups excluding carboxylic acids is 1. The molecule has 0 aliphatic heterocycles. The summed E-state index contributed by atoms with van der Waals surface area (Å²) in [6, 6.07) is 12.8. The highest BCUT2D eigenvalue weighted by Gasteiger charge is 2.12. The molecule has 0 saturated carbocycles. The van der Waals surface area contributed by atoms with Crippen molar-refractivity contribution in [3.05, 3.63) is 77.6 Å². The van der Waals surface area contributed by atoms with Gasteiger partial charge in [-0.25, -0.2) is 15.0 Å². The highest BCUT2D eigenvalue weighted by Crippen LogP contribution is 2.16. The predicted octanol–water partition coefficient (Wildman–Crippen LogP) is 2.53. The summed E-state index contributed by atoms with van der Waals surface area (Å²) < 4.78 is 7.00. The molecule has 0 atom stereocenters. The van der Waals surface area contributed by atoms with E-state index >= 15 is 0 Å². The Bertz CT molecular complexity index is 1260. The average Bonchev–Trinajstić information content (AvgIpc) is 3.22. The van der Waals surface area contributed by atoms with Crippen molar-refractivity contribution in [1.82, 2.24) is 35.0 Å². The maximum Gasteiger partial charge on any atom is 0.251 e. The first kappa shape index (κ1) is 21.9. The van der Waals surface area contributed by atoms with Gasteiger partial charge in [0, 0.05) is 42.8 Å². The van der Waals surface area contributed by atoms with Crippen LogP contribution >= 0.6 is 0 Å². The van der Waals surface area contributed by atoms with Crippen molar-refractivity contribution >= 4 is 11.6 Å². The lowest BCUT2D eigenvalue weighted by Crippen LogP contribution is -2.23. The van der Waals surface area contributed by atoms with Crippen LogP contribution in [0, 0.1) is 6.92 Å². The van der Waals surface area contributed by atoms with Crippen LogP contribution in [0.1, 0.15) is 27.4 Å². The Hall–Kier alpha value is -4.34. The Balaban J connectivity index is 1.38. The maximum atomic E-state index is 12.7. The smallest absolute Gasteiger partial charge is 0.251 e. The van der Waals surface area contributed by atoms with E-state index in [-0.39, 0.29) is 5.91 Å². The zero-order valence-electron chi connectivity index (χ0n) is 18.6. The number of carbonyl (C=O) groups is 1. The number of aryl methyl sites for hydroxylation is 1. The third-order valence-electron chi connectivity index (χ3n) is 5.17. The molecule has 10 nitrogen and oxygen atoms in total. The van der Waals surface area contributed by atoms with Crippen molar-refractivity contribution in [3.8, 4) is 17.4 Å². The van der Waals surface area contributed by atoms with Gasteiger partial charge in [0.1, 0.15) is 12.0 Å². The summed E-state index contributed by atoms with van der Waals surface area (Å²) in [7, 11) is 3.46. The van der Waals surface area contributed by atoms with Gasteiger partial charge in [-0.15, -0.1) is 10.2 Å². The van der Waals surface area contributed by atoms with Crippen molar-refractivity contribution in [1.29, 1.82) is 0 Å². The third-order valence-corrected chi connectivity index (χ3v) is 5.17. The topological polar surface area (TPSA) is 120 Å². The largest absolute Gasteiger partial charge is 0.481 e. The van der Waals surface area contributed by atoms with Crippen LogP contribution in [0.15, 0.2) is 55.0 Å². The molecule has 0 radical (unpaired) electrons. The Labute approximate surface area is 191 Å². The van der Waals surface area contributed by atoms with Crippen LogP contribution < -0.4 is 15.4 Å². The highest BCUT2D eigenvalue weighted by atomic mass is 16.5. The van der Waals surface area contributed by atoms with E-state index in [1.165, 1.54) is 6.33 Å². The molecule has 1 aromatic carbocycles. The maximum absolute atomic E-state index is 12.7. The summed E-state index contributed by atoms with van der Waals surface area (Å²) in [6.45, 7) is 2.71. The molecule has 10 heteroatoms. The molecule has 3 aromatic heterocycles. The van der Waals surface area contributed by atoms with E-state index in [0.29, 0.717) is 36.1 Å². The minimum Gasteiger partial charge on any atom is -0.481 e. The molecule has 0 unspecified atom stereocenters. The molecule has 4 aromatic rings. The number of methoxy groups -OCH3 is 1.